The molecule has 358 valence electrons. The van der Waals surface area contributed by atoms with Crippen molar-refractivity contribution < 1.29 is 0 Å². The van der Waals surface area contributed by atoms with Crippen LogP contribution in [0.1, 0.15) is 0 Å². The van der Waals surface area contributed by atoms with Crippen LogP contribution in [0.25, 0.3) is 87.6 Å². The molecule has 13 aromatic rings. The van der Waals surface area contributed by atoms with E-state index >= 15 is 0 Å². The zero-order valence-electron chi connectivity index (χ0n) is 42.2. The Bertz CT molecular complexity index is 4080. The molecular formula is C72H50N4. The Hall–Kier alpha value is -9.90. The number of nitrogens with zero attached hydrogens (tertiary/aromatic N) is 4. The monoisotopic (exact) mass is 970 g/mol. The molecule has 2 aliphatic rings. The Kier molecular flexibility index (Phi) is 9.98. The number of rotatable bonds is 6. The predicted octanol–water partition coefficient (Wildman–Crippen LogP) is 20.1. The van der Waals surface area contributed by atoms with E-state index in [9.17, 15) is 0 Å². The van der Waals surface area contributed by atoms with Crippen molar-refractivity contribution in [3.05, 3.63) is 267 Å². The molecule has 0 aliphatic carbocycles. The zero-order valence-corrected chi connectivity index (χ0v) is 42.2. The van der Waals surface area contributed by atoms with Crippen molar-refractivity contribution >= 4 is 100.0 Å². The molecule has 13 aromatic carbocycles. The molecule has 0 N–H and O–H groups in total. The third-order valence-corrected chi connectivity index (χ3v) is 16.0. The van der Waals surface area contributed by atoms with Crippen molar-refractivity contribution in [2.45, 2.75) is 0 Å². The second kappa shape index (κ2) is 17.4. The fourth-order valence-corrected chi connectivity index (χ4v) is 12.5. The highest BCUT2D eigenvalue weighted by Crippen LogP contribution is 2.56. The van der Waals surface area contributed by atoms with E-state index in [1.807, 2.05) is 0 Å². The van der Waals surface area contributed by atoms with Gasteiger partial charge in [0.2, 0.25) is 0 Å². The molecule has 0 bridgehead atoms. The summed E-state index contributed by atoms with van der Waals surface area (Å²) in [7, 11) is 4.36. The first-order valence-corrected chi connectivity index (χ1v) is 26.2. The normalized spacial score (nSPS) is 12.8. The molecule has 0 atom stereocenters. The molecule has 0 unspecified atom stereocenters. The number of benzene rings is 13. The maximum Gasteiger partial charge on any atom is 0.0699 e. The predicted molar refractivity (Wildman–Crippen MR) is 324 cm³/mol. The summed E-state index contributed by atoms with van der Waals surface area (Å²) in [6, 6.07) is 99.0. The number of hydrogen-bond donors (Lipinski definition) is 0. The van der Waals surface area contributed by atoms with Crippen LogP contribution in [0.5, 0.6) is 0 Å². The van der Waals surface area contributed by atoms with E-state index in [1.165, 1.54) is 87.6 Å². The second-order valence-corrected chi connectivity index (χ2v) is 20.2. The Balaban J connectivity index is 1.13. The maximum absolute atomic E-state index is 2.49. The summed E-state index contributed by atoms with van der Waals surface area (Å²) in [4.78, 5) is 9.57. The maximum atomic E-state index is 2.49. The summed E-state index contributed by atoms with van der Waals surface area (Å²) in [5.41, 5.74) is 20.9. The van der Waals surface area contributed by atoms with Crippen molar-refractivity contribution in [2.75, 3.05) is 33.7 Å². The van der Waals surface area contributed by atoms with Crippen LogP contribution in [0.2, 0.25) is 0 Å². The van der Waals surface area contributed by atoms with E-state index < -0.39 is 0 Å². The summed E-state index contributed by atoms with van der Waals surface area (Å²) in [5.74, 6) is 0. The third kappa shape index (κ3) is 6.77. The van der Waals surface area contributed by atoms with Crippen molar-refractivity contribution in [2.24, 2.45) is 0 Å². The lowest BCUT2D eigenvalue weighted by Gasteiger charge is -2.39. The van der Waals surface area contributed by atoms with Crippen LogP contribution in [-0.4, -0.2) is 14.1 Å². The van der Waals surface area contributed by atoms with Crippen LogP contribution >= 0.6 is 0 Å². The van der Waals surface area contributed by atoms with E-state index in [0.717, 1.165) is 56.9 Å². The van der Waals surface area contributed by atoms with E-state index in [0.29, 0.717) is 0 Å². The molecule has 2 aliphatic heterocycles. The van der Waals surface area contributed by atoms with Gasteiger partial charge in [-0.1, -0.05) is 170 Å². The van der Waals surface area contributed by atoms with E-state index in [2.05, 4.69) is 301 Å². The smallest absolute Gasteiger partial charge is 0.0699 e. The first kappa shape index (κ1) is 43.7. The van der Waals surface area contributed by atoms with Crippen molar-refractivity contribution in [1.29, 1.82) is 0 Å². The third-order valence-electron chi connectivity index (χ3n) is 16.0. The Morgan fingerprint density at radius 3 is 0.829 bits per heavy atom. The van der Waals surface area contributed by atoms with Gasteiger partial charge in [0.05, 0.1) is 45.5 Å². The lowest BCUT2D eigenvalue weighted by molar-refractivity contribution is 1.13. The van der Waals surface area contributed by atoms with Gasteiger partial charge in [0.15, 0.2) is 0 Å². The summed E-state index contributed by atoms with van der Waals surface area (Å²) in [5, 5.41) is 9.52. The van der Waals surface area contributed by atoms with Gasteiger partial charge < -0.3 is 19.6 Å². The molecule has 0 radical (unpaired) electrons. The quantitative estimate of drug-likeness (QED) is 0.154. The Morgan fingerprint density at radius 1 is 0.224 bits per heavy atom. The molecule has 0 saturated heterocycles. The fraction of sp³-hybridized carbons (Fsp3) is 0.0278. The fourth-order valence-electron chi connectivity index (χ4n) is 12.5. The van der Waals surface area contributed by atoms with Crippen LogP contribution in [0.4, 0.5) is 56.9 Å². The minimum atomic E-state index is 1.10. The van der Waals surface area contributed by atoms with Gasteiger partial charge in [-0.05, 0) is 185 Å². The van der Waals surface area contributed by atoms with Gasteiger partial charge in [-0.15, -0.1) is 0 Å². The highest BCUT2D eigenvalue weighted by atomic mass is 15.3. The minimum Gasteiger partial charge on any atom is -0.341 e. The van der Waals surface area contributed by atoms with Gasteiger partial charge in [-0.2, -0.15) is 0 Å². The van der Waals surface area contributed by atoms with Gasteiger partial charge in [0.1, 0.15) is 0 Å². The molecule has 15 rings (SSSR count). The van der Waals surface area contributed by atoms with E-state index in [4.69, 9.17) is 0 Å². The lowest BCUT2D eigenvalue weighted by atomic mass is 9.81. The summed E-state index contributed by atoms with van der Waals surface area (Å²) < 4.78 is 0. The van der Waals surface area contributed by atoms with Crippen LogP contribution < -0.4 is 19.6 Å². The molecule has 0 fully saturated rings. The molecule has 0 saturated carbocycles. The minimum absolute atomic E-state index is 1.10. The van der Waals surface area contributed by atoms with Gasteiger partial charge >= 0.3 is 0 Å². The molecule has 0 spiro atoms. The first-order valence-electron chi connectivity index (χ1n) is 26.2. The number of fused-ring (bicyclic) bond motifs is 8. The SMILES string of the molecule is CN1c2ccccc2N(c2ccc3c(-c4cc5ccccc5cc4-c4ccccc4)c4cc(N5c6ccccc6N(C)c6ccccc65)ccc4c(-c4cc5ccccc5cc4-c4ccccc4)c3c2)c2ccccc21. The molecule has 2 heterocycles. The zero-order chi connectivity index (χ0) is 50.4. The topological polar surface area (TPSA) is 13.0 Å². The second-order valence-electron chi connectivity index (χ2n) is 20.2. The highest BCUT2D eigenvalue weighted by molar-refractivity contribution is 6.26. The number of anilines is 10. The molecule has 0 aromatic heterocycles. The van der Waals surface area contributed by atoms with Gasteiger partial charge in [-0.25, -0.2) is 0 Å². The first-order chi connectivity index (χ1) is 37.6. The number of hydrogen-bond acceptors (Lipinski definition) is 4. The lowest BCUT2D eigenvalue weighted by Crippen LogP contribution is -2.24. The summed E-state index contributed by atoms with van der Waals surface area (Å²) in [6.07, 6.45) is 0. The average Bonchev–Trinajstić information content (AvgIpc) is 3.62. The van der Waals surface area contributed by atoms with Crippen molar-refractivity contribution in [3.63, 3.8) is 0 Å². The van der Waals surface area contributed by atoms with E-state index in [-0.39, 0.29) is 0 Å². The van der Waals surface area contributed by atoms with Crippen LogP contribution in [-0.2, 0) is 0 Å². The van der Waals surface area contributed by atoms with Crippen LogP contribution in [0.15, 0.2) is 267 Å². The molecule has 4 nitrogen and oxygen atoms in total. The molecule has 76 heavy (non-hydrogen) atoms. The van der Waals surface area contributed by atoms with Crippen LogP contribution in [0.3, 0.4) is 0 Å². The molecular weight excluding hydrogens is 921 g/mol. The van der Waals surface area contributed by atoms with Crippen molar-refractivity contribution in [1.82, 2.24) is 0 Å². The van der Waals surface area contributed by atoms with Crippen molar-refractivity contribution in [3.8, 4) is 44.5 Å². The Labute approximate surface area is 442 Å². The van der Waals surface area contributed by atoms with Crippen LogP contribution in [0, 0.1) is 0 Å². The molecule has 4 heteroatoms. The van der Waals surface area contributed by atoms with Gasteiger partial charge in [0.25, 0.3) is 0 Å². The van der Waals surface area contributed by atoms with Gasteiger partial charge in [-0.3, -0.25) is 0 Å². The summed E-state index contributed by atoms with van der Waals surface area (Å²) in [6.45, 7) is 0. The van der Waals surface area contributed by atoms with E-state index in [1.54, 1.807) is 0 Å². The standard InChI is InChI=1S/C72H50N4/c1-73-63-29-13-17-33-67(63)75(68-34-18-14-30-64(68)73)53-37-39-55-61(45-53)71(59-43-51-27-11-9-25-49(51)41-57(59)47-21-5-3-6-22-47)56-40-38-54(76-69-35-19-15-31-65(69)74(2)66-32-16-20-36-70(66)76)46-62(56)72(55)60-44-52-28-12-10-26-50(52)42-58(60)48-23-7-4-8-24-48/h3-46H,1-2H3. The average molecular weight is 971 g/mol. The highest BCUT2D eigenvalue weighted by Gasteiger charge is 2.31. The molecule has 0 amide bonds. The largest absolute Gasteiger partial charge is 0.341 e. The number of para-hydroxylation sites is 8. The van der Waals surface area contributed by atoms with Gasteiger partial charge in [0, 0.05) is 25.5 Å². The Morgan fingerprint density at radius 2 is 0.500 bits per heavy atom. The summed E-state index contributed by atoms with van der Waals surface area (Å²) >= 11 is 0.